The topological polar surface area (TPSA) is 6.48 Å². The minimum Gasteiger partial charge on any atom is -0.311 e. The van der Waals surface area contributed by atoms with Crippen molar-refractivity contribution in [3.05, 3.63) is 233 Å². The monoisotopic (exact) mass is 913 g/mol. The van der Waals surface area contributed by atoms with Gasteiger partial charge in [0.05, 0.1) is 0 Å². The Morgan fingerprint density at radius 1 is 0.357 bits per heavy atom. The van der Waals surface area contributed by atoms with E-state index >= 15 is 0 Å². The molecule has 1 aliphatic carbocycles. The van der Waals surface area contributed by atoms with Crippen molar-refractivity contribution in [1.29, 1.82) is 0 Å². The molecule has 11 rings (SSSR count). The molecule has 0 radical (unpaired) electrons. The fraction of sp³-hybridized carbons (Fsp3) is 0.284. The van der Waals surface area contributed by atoms with Crippen LogP contribution >= 0.6 is 0 Å². The van der Waals surface area contributed by atoms with E-state index in [9.17, 15) is 0 Å². The standard InChI is InChI=1S/C67H69BN2/c1-64(2,3)53-34-40-59-57(44-53)68-58-45-54(67(8,9)50-28-20-13-21-29-50)35-41-60(58)70(56-38-32-52(33-39-56)66(6,7)49-26-18-12-19-27-49)62-43-47(46-22-14-10-15-23-46)42-61(63(62)68)69(59)55-36-30-51(31-37-55)65(4,5)48-24-16-11-17-25-48/h11-13,16-21,24-46H,10,14-15,22-23H2,1-9H3. The Hall–Kier alpha value is -6.58. The third-order valence-corrected chi connectivity index (χ3v) is 16.9. The first-order chi connectivity index (χ1) is 33.6. The van der Waals surface area contributed by atoms with Crippen LogP contribution in [0.2, 0.25) is 0 Å². The molecular formula is C67H69BN2. The van der Waals surface area contributed by atoms with Crippen LogP contribution in [0.4, 0.5) is 34.1 Å². The number of nitrogens with zero attached hydrogens (tertiary/aromatic N) is 2. The number of fused-ring (bicyclic) bond motifs is 4. The summed E-state index contributed by atoms with van der Waals surface area (Å²) < 4.78 is 0. The molecule has 0 N–H and O–H groups in total. The Kier molecular flexibility index (Phi) is 11.4. The number of anilines is 6. The van der Waals surface area contributed by atoms with Crippen LogP contribution in [0.3, 0.4) is 0 Å². The Morgan fingerprint density at radius 3 is 1.13 bits per heavy atom. The number of hydrogen-bond donors (Lipinski definition) is 0. The minimum atomic E-state index is -0.216. The van der Waals surface area contributed by atoms with Crippen LogP contribution in [0.25, 0.3) is 0 Å². The van der Waals surface area contributed by atoms with Crippen molar-refractivity contribution in [3.8, 4) is 0 Å². The van der Waals surface area contributed by atoms with Crippen LogP contribution in [-0.2, 0) is 21.7 Å². The van der Waals surface area contributed by atoms with E-state index in [1.54, 1.807) is 0 Å². The second-order valence-electron chi connectivity index (χ2n) is 23.3. The molecule has 2 nitrogen and oxygen atoms in total. The zero-order chi connectivity index (χ0) is 48.6. The lowest BCUT2D eigenvalue weighted by Crippen LogP contribution is -2.61. The number of rotatable bonds is 9. The summed E-state index contributed by atoms with van der Waals surface area (Å²) in [7, 11) is 0. The first-order valence-corrected chi connectivity index (χ1v) is 26.1. The molecule has 0 amide bonds. The first kappa shape index (κ1) is 45.8. The Balaban J connectivity index is 1.17. The van der Waals surface area contributed by atoms with E-state index in [0.717, 1.165) is 0 Å². The van der Waals surface area contributed by atoms with E-state index < -0.39 is 0 Å². The van der Waals surface area contributed by atoms with Gasteiger partial charge >= 0.3 is 0 Å². The van der Waals surface area contributed by atoms with Gasteiger partial charge in [0.25, 0.3) is 6.71 Å². The van der Waals surface area contributed by atoms with Gasteiger partial charge in [-0.25, -0.2) is 0 Å². The van der Waals surface area contributed by atoms with Crippen molar-refractivity contribution in [1.82, 2.24) is 0 Å². The molecule has 0 spiro atoms. The summed E-state index contributed by atoms with van der Waals surface area (Å²) >= 11 is 0. The summed E-state index contributed by atoms with van der Waals surface area (Å²) in [5.74, 6) is 0.514. The summed E-state index contributed by atoms with van der Waals surface area (Å²) in [6, 6.07) is 72.2. The van der Waals surface area contributed by atoms with Gasteiger partial charge in [0.1, 0.15) is 0 Å². The maximum Gasteiger partial charge on any atom is 0.252 e. The molecule has 3 heteroatoms. The van der Waals surface area contributed by atoms with E-state index in [-0.39, 0.29) is 28.4 Å². The van der Waals surface area contributed by atoms with Crippen molar-refractivity contribution in [2.75, 3.05) is 9.80 Å². The molecule has 1 fully saturated rings. The van der Waals surface area contributed by atoms with E-state index in [1.807, 2.05) is 0 Å². The van der Waals surface area contributed by atoms with Crippen molar-refractivity contribution in [2.24, 2.45) is 0 Å². The van der Waals surface area contributed by atoms with E-state index in [4.69, 9.17) is 0 Å². The molecule has 2 heterocycles. The summed E-state index contributed by atoms with van der Waals surface area (Å²) in [4.78, 5) is 5.27. The molecule has 3 aliphatic rings. The van der Waals surface area contributed by atoms with Crippen molar-refractivity contribution in [2.45, 2.75) is 122 Å². The fourth-order valence-corrected chi connectivity index (χ4v) is 12.2. The number of hydrogen-bond acceptors (Lipinski definition) is 2. The minimum absolute atomic E-state index is 0.0179. The van der Waals surface area contributed by atoms with Gasteiger partial charge in [0.2, 0.25) is 0 Å². The van der Waals surface area contributed by atoms with Crippen molar-refractivity contribution >= 4 is 57.2 Å². The van der Waals surface area contributed by atoms with E-state index in [0.29, 0.717) is 5.92 Å². The van der Waals surface area contributed by atoms with Crippen LogP contribution < -0.4 is 26.2 Å². The Bertz CT molecular complexity index is 3150. The third-order valence-electron chi connectivity index (χ3n) is 16.9. The quantitative estimate of drug-likeness (QED) is 0.133. The molecule has 0 saturated heterocycles. The lowest BCUT2D eigenvalue weighted by Gasteiger charge is -2.45. The SMILES string of the molecule is CC(C)(C)c1ccc2c(c1)B1c3cc(C(C)(C)c4ccccc4)ccc3N(c3ccc(C(C)(C)c4ccccc4)cc3)c3cc(C4CCCCC4)cc(c31)N2c1ccc(C(C)(C)c2ccccc2)cc1. The fourth-order valence-electron chi connectivity index (χ4n) is 12.2. The molecule has 0 unspecified atom stereocenters. The van der Waals surface area contributed by atoms with Crippen LogP contribution in [0.5, 0.6) is 0 Å². The van der Waals surface area contributed by atoms with Crippen molar-refractivity contribution in [3.63, 3.8) is 0 Å². The molecule has 0 bridgehead atoms. The second-order valence-corrected chi connectivity index (χ2v) is 23.3. The molecule has 1 saturated carbocycles. The maximum absolute atomic E-state index is 2.64. The van der Waals surface area contributed by atoms with Crippen LogP contribution in [-0.4, -0.2) is 6.71 Å². The van der Waals surface area contributed by atoms with Gasteiger partial charge in [-0.1, -0.05) is 221 Å². The second kappa shape index (κ2) is 17.4. The zero-order valence-electron chi connectivity index (χ0n) is 43.0. The zero-order valence-corrected chi connectivity index (χ0v) is 43.0. The van der Waals surface area contributed by atoms with Gasteiger partial charge in [-0.15, -0.1) is 0 Å². The van der Waals surface area contributed by atoms with Gasteiger partial charge < -0.3 is 9.80 Å². The summed E-state index contributed by atoms with van der Waals surface area (Å²) in [5.41, 5.74) is 21.8. The maximum atomic E-state index is 2.64. The van der Waals surface area contributed by atoms with E-state index in [1.165, 1.54) is 127 Å². The van der Waals surface area contributed by atoms with Gasteiger partial charge in [-0.2, -0.15) is 0 Å². The van der Waals surface area contributed by atoms with Gasteiger partial charge in [-0.3, -0.25) is 0 Å². The molecule has 8 aromatic carbocycles. The van der Waals surface area contributed by atoms with Gasteiger partial charge in [-0.05, 0) is 134 Å². The lowest BCUT2D eigenvalue weighted by molar-refractivity contribution is 0.444. The molecule has 0 atom stereocenters. The average molecular weight is 913 g/mol. The van der Waals surface area contributed by atoms with Crippen LogP contribution in [0.15, 0.2) is 188 Å². The summed E-state index contributed by atoms with van der Waals surface area (Å²) in [5, 5.41) is 0. The molecule has 70 heavy (non-hydrogen) atoms. The molecule has 8 aromatic rings. The smallest absolute Gasteiger partial charge is 0.252 e. The lowest BCUT2D eigenvalue weighted by atomic mass is 9.33. The van der Waals surface area contributed by atoms with Gasteiger partial charge in [0.15, 0.2) is 0 Å². The summed E-state index contributed by atoms with van der Waals surface area (Å²) in [6.45, 7) is 21.3. The molecule has 0 aromatic heterocycles. The Morgan fingerprint density at radius 2 is 0.714 bits per heavy atom. The Labute approximate surface area is 419 Å². The van der Waals surface area contributed by atoms with Crippen LogP contribution in [0.1, 0.15) is 145 Å². The highest BCUT2D eigenvalue weighted by molar-refractivity contribution is 7.00. The van der Waals surface area contributed by atoms with Crippen molar-refractivity contribution < 1.29 is 0 Å². The highest BCUT2D eigenvalue weighted by Gasteiger charge is 2.45. The normalized spacial score (nSPS) is 15.1. The molecule has 2 aliphatic heterocycles. The van der Waals surface area contributed by atoms with Crippen LogP contribution in [0, 0.1) is 0 Å². The van der Waals surface area contributed by atoms with E-state index in [2.05, 4.69) is 260 Å². The predicted molar refractivity (Wildman–Crippen MR) is 301 cm³/mol. The predicted octanol–water partition coefficient (Wildman–Crippen LogP) is 16.1. The first-order valence-electron chi connectivity index (χ1n) is 26.1. The largest absolute Gasteiger partial charge is 0.311 e. The summed E-state index contributed by atoms with van der Waals surface area (Å²) in [6.07, 6.45) is 6.35. The third kappa shape index (κ3) is 7.81. The highest BCUT2D eigenvalue weighted by atomic mass is 15.2. The molecular weight excluding hydrogens is 844 g/mol. The molecule has 350 valence electrons. The highest BCUT2D eigenvalue weighted by Crippen LogP contribution is 2.49. The van der Waals surface area contributed by atoms with Gasteiger partial charge in [0, 0.05) is 50.4 Å². The number of benzene rings is 8. The average Bonchev–Trinajstić information content (AvgIpc) is 3.39.